The molecule has 2 N–H and O–H groups in total. The molecule has 0 aromatic carbocycles. The molecule has 0 saturated carbocycles. The van der Waals surface area contributed by atoms with Gasteiger partial charge in [0.2, 0.25) is 0 Å². The van der Waals surface area contributed by atoms with Crippen molar-refractivity contribution in [3.05, 3.63) is 23.3 Å². The highest BCUT2D eigenvalue weighted by molar-refractivity contribution is 5.93. The summed E-state index contributed by atoms with van der Waals surface area (Å²) in [4.78, 5) is 22.4. The Morgan fingerprint density at radius 3 is 2.26 bits per heavy atom. The third-order valence-corrected chi connectivity index (χ3v) is 2.61. The summed E-state index contributed by atoms with van der Waals surface area (Å²) in [5.74, 6) is -7.59. The summed E-state index contributed by atoms with van der Waals surface area (Å²) in [6, 6.07) is 0. The molecule has 0 heterocycles. The van der Waals surface area contributed by atoms with Crippen LogP contribution in [0.2, 0.25) is 0 Å². The van der Waals surface area contributed by atoms with Crippen molar-refractivity contribution in [3.63, 3.8) is 0 Å². The topological polar surface area (TPSA) is 83.8 Å². The van der Waals surface area contributed by atoms with Gasteiger partial charge in [-0.05, 0) is 33.3 Å². The second kappa shape index (κ2) is 4.77. The number of rotatable bonds is 3. The molecule has 0 amide bonds. The first-order valence-corrected chi connectivity index (χ1v) is 5.74. The van der Waals surface area contributed by atoms with Gasteiger partial charge in [-0.2, -0.15) is 0 Å². The van der Waals surface area contributed by atoms with Crippen molar-refractivity contribution < 1.29 is 28.9 Å². The van der Waals surface area contributed by atoms with E-state index in [0.29, 0.717) is 0 Å². The van der Waals surface area contributed by atoms with Crippen molar-refractivity contribution in [2.45, 2.75) is 39.2 Å². The van der Waals surface area contributed by atoms with Crippen LogP contribution in [0.3, 0.4) is 0 Å². The Morgan fingerprint density at radius 2 is 1.89 bits per heavy atom. The van der Waals surface area contributed by atoms with E-state index in [1.807, 2.05) is 0 Å². The molecule has 0 aliphatic heterocycles. The molecule has 0 bridgehead atoms. The van der Waals surface area contributed by atoms with Crippen molar-refractivity contribution >= 4 is 11.9 Å². The second-order valence-electron chi connectivity index (χ2n) is 5.40. The number of ether oxygens (including phenoxy) is 1. The summed E-state index contributed by atoms with van der Waals surface area (Å²) in [6.07, 6.45) is 2.39. The third kappa shape index (κ3) is 3.01. The van der Waals surface area contributed by atoms with Crippen LogP contribution in [0.4, 0.5) is 4.39 Å². The van der Waals surface area contributed by atoms with Crippen LogP contribution in [0, 0.1) is 5.92 Å². The largest absolute Gasteiger partial charge is 0.481 e. The van der Waals surface area contributed by atoms with Gasteiger partial charge in [0.05, 0.1) is 5.60 Å². The van der Waals surface area contributed by atoms with Crippen LogP contribution >= 0.6 is 0 Å². The smallest absolute Gasteiger partial charge is 0.337 e. The number of carboxylic acid groups (broad SMARTS) is 2. The Labute approximate surface area is 110 Å². The number of carbonyl (C=O) groups is 2. The maximum Gasteiger partial charge on any atom is 0.337 e. The van der Waals surface area contributed by atoms with Gasteiger partial charge in [0.25, 0.3) is 5.85 Å². The fraction of sp³-hybridized carbons (Fsp3) is 0.538. The van der Waals surface area contributed by atoms with E-state index in [0.717, 1.165) is 6.08 Å². The lowest BCUT2D eigenvalue weighted by molar-refractivity contribution is -0.213. The molecule has 0 aromatic heterocycles. The highest BCUT2D eigenvalue weighted by atomic mass is 19.2. The highest BCUT2D eigenvalue weighted by Gasteiger charge is 2.54. The van der Waals surface area contributed by atoms with Gasteiger partial charge in [-0.15, -0.1) is 0 Å². The van der Waals surface area contributed by atoms with Gasteiger partial charge in [-0.25, -0.2) is 9.18 Å². The maximum absolute atomic E-state index is 15.1. The summed E-state index contributed by atoms with van der Waals surface area (Å²) in [7, 11) is 0. The summed E-state index contributed by atoms with van der Waals surface area (Å²) in [5, 5.41) is 18.2. The van der Waals surface area contributed by atoms with E-state index in [2.05, 4.69) is 0 Å². The fourth-order valence-corrected chi connectivity index (χ4v) is 1.99. The normalized spacial score (nSPS) is 27.5. The van der Waals surface area contributed by atoms with E-state index < -0.39 is 34.9 Å². The maximum atomic E-state index is 15.1. The van der Waals surface area contributed by atoms with Crippen molar-refractivity contribution in [2.75, 3.05) is 0 Å². The lowest BCUT2D eigenvalue weighted by Crippen LogP contribution is -2.49. The number of alkyl halides is 1. The third-order valence-electron chi connectivity index (χ3n) is 2.61. The molecule has 2 atom stereocenters. The number of hydrogen-bond donors (Lipinski definition) is 2. The number of carboxylic acids is 2. The average Bonchev–Trinajstić information content (AvgIpc) is 2.11. The lowest BCUT2D eigenvalue weighted by atomic mass is 9.84. The SMILES string of the molecule is CC1=C(C(=O)O)[C@](F)(OC(C)(C)C)C(C(=O)O)C=C1. The van der Waals surface area contributed by atoms with Gasteiger partial charge in [0.1, 0.15) is 11.5 Å². The van der Waals surface area contributed by atoms with Crippen LogP contribution in [0.5, 0.6) is 0 Å². The zero-order valence-corrected chi connectivity index (χ0v) is 11.2. The van der Waals surface area contributed by atoms with E-state index in [4.69, 9.17) is 14.9 Å². The Bertz CT molecular complexity index is 472. The van der Waals surface area contributed by atoms with E-state index in [9.17, 15) is 9.59 Å². The van der Waals surface area contributed by atoms with Gasteiger partial charge in [-0.1, -0.05) is 12.2 Å². The second-order valence-corrected chi connectivity index (χ2v) is 5.40. The number of halogens is 1. The van der Waals surface area contributed by atoms with Crippen molar-refractivity contribution in [2.24, 2.45) is 5.92 Å². The predicted molar refractivity (Wildman–Crippen MR) is 65.3 cm³/mol. The molecule has 106 valence electrons. The molecule has 0 spiro atoms. The zero-order chi connectivity index (χ0) is 15.0. The van der Waals surface area contributed by atoms with Crippen LogP contribution in [-0.2, 0) is 14.3 Å². The first-order valence-electron chi connectivity index (χ1n) is 5.74. The molecule has 0 fully saturated rings. The van der Waals surface area contributed by atoms with Gasteiger partial charge in [0.15, 0.2) is 0 Å². The van der Waals surface area contributed by atoms with E-state index in [-0.39, 0.29) is 5.57 Å². The molecular weight excluding hydrogens is 255 g/mol. The minimum Gasteiger partial charge on any atom is -0.481 e. The Balaban J connectivity index is 3.42. The minimum absolute atomic E-state index is 0.136. The molecule has 1 rings (SSSR count). The molecule has 6 heteroatoms. The summed E-state index contributed by atoms with van der Waals surface area (Å²) < 4.78 is 20.2. The van der Waals surface area contributed by atoms with Crippen LogP contribution in [0.15, 0.2) is 23.3 Å². The lowest BCUT2D eigenvalue weighted by Gasteiger charge is -2.38. The number of aliphatic carboxylic acids is 2. The molecule has 0 aromatic rings. The molecular formula is C13H17FO5. The summed E-state index contributed by atoms with van der Waals surface area (Å²) >= 11 is 0. The van der Waals surface area contributed by atoms with Gasteiger partial charge in [0, 0.05) is 0 Å². The first kappa shape index (κ1) is 15.4. The summed E-state index contributed by atoms with van der Waals surface area (Å²) in [5.41, 5.74) is -1.57. The fourth-order valence-electron chi connectivity index (χ4n) is 1.99. The van der Waals surface area contributed by atoms with Crippen LogP contribution in [-0.4, -0.2) is 33.6 Å². The molecule has 1 aliphatic carbocycles. The Hall–Kier alpha value is -1.69. The van der Waals surface area contributed by atoms with Gasteiger partial charge < -0.3 is 14.9 Å². The Kier molecular flexibility index (Phi) is 3.86. The van der Waals surface area contributed by atoms with Crippen LogP contribution in [0.25, 0.3) is 0 Å². The molecule has 5 nitrogen and oxygen atoms in total. The number of allylic oxidation sites excluding steroid dienone is 2. The predicted octanol–water partition coefficient (Wildman–Crippen LogP) is 2.14. The highest BCUT2D eigenvalue weighted by Crippen LogP contribution is 2.41. The molecule has 0 radical (unpaired) electrons. The minimum atomic E-state index is -2.89. The summed E-state index contributed by atoms with van der Waals surface area (Å²) in [6.45, 7) is 5.99. The van der Waals surface area contributed by atoms with Gasteiger partial charge >= 0.3 is 11.9 Å². The molecule has 1 unspecified atom stereocenters. The molecule has 0 saturated heterocycles. The van der Waals surface area contributed by atoms with Crippen molar-refractivity contribution in [1.82, 2.24) is 0 Å². The number of hydrogen-bond acceptors (Lipinski definition) is 3. The quantitative estimate of drug-likeness (QED) is 0.822. The van der Waals surface area contributed by atoms with Gasteiger partial charge in [-0.3, -0.25) is 4.79 Å². The monoisotopic (exact) mass is 272 g/mol. The molecule has 19 heavy (non-hydrogen) atoms. The van der Waals surface area contributed by atoms with Crippen molar-refractivity contribution in [1.29, 1.82) is 0 Å². The average molecular weight is 272 g/mol. The van der Waals surface area contributed by atoms with Crippen molar-refractivity contribution in [3.8, 4) is 0 Å². The molecule has 1 aliphatic rings. The van der Waals surface area contributed by atoms with E-state index >= 15 is 4.39 Å². The first-order chi connectivity index (χ1) is 8.49. The van der Waals surface area contributed by atoms with Crippen LogP contribution < -0.4 is 0 Å². The van der Waals surface area contributed by atoms with E-state index in [1.165, 1.54) is 33.8 Å². The van der Waals surface area contributed by atoms with E-state index in [1.54, 1.807) is 0 Å². The Morgan fingerprint density at radius 1 is 1.37 bits per heavy atom. The zero-order valence-electron chi connectivity index (χ0n) is 11.2. The van der Waals surface area contributed by atoms with Crippen LogP contribution in [0.1, 0.15) is 27.7 Å². The standard InChI is InChI=1S/C13H17FO5/c1-7-5-6-8(10(15)16)13(14,9(7)11(17)18)19-12(2,3)4/h5-6,8H,1-4H3,(H,15,16)(H,17,18)/t8?,13-/m1/s1.